The van der Waals surface area contributed by atoms with E-state index >= 15 is 0 Å². The Kier molecular flexibility index (Phi) is 39.2. The van der Waals surface area contributed by atoms with Gasteiger partial charge in [0.1, 0.15) is 67.8 Å². The molecule has 8 aliphatic heterocycles. The van der Waals surface area contributed by atoms with Gasteiger partial charge in [-0.25, -0.2) is 53.3 Å². The highest BCUT2D eigenvalue weighted by Gasteiger charge is 2.25. The van der Waals surface area contributed by atoms with Crippen molar-refractivity contribution < 1.29 is 32.1 Å². The molecule has 0 bridgehead atoms. The quantitative estimate of drug-likeness (QED) is 0.0455. The van der Waals surface area contributed by atoms with Crippen LogP contribution in [0.3, 0.4) is 0 Å². The molecule has 8 fully saturated rings. The first-order valence-electron chi connectivity index (χ1n) is 37.7. The summed E-state index contributed by atoms with van der Waals surface area (Å²) in [5.74, 6) is 7.18. The van der Waals surface area contributed by atoms with E-state index in [1.165, 1.54) is 60.5 Å². The molecule has 16 rings (SSSR count). The molecule has 0 spiro atoms. The van der Waals surface area contributed by atoms with Crippen molar-refractivity contribution in [3.05, 3.63) is 82.6 Å². The van der Waals surface area contributed by atoms with Gasteiger partial charge in [-0.05, 0) is 57.6 Å². The third-order valence-electron chi connectivity index (χ3n) is 17.9. The molecule has 45 heteroatoms. The summed E-state index contributed by atoms with van der Waals surface area (Å²) >= 11 is 22.7. The molecule has 11 N–H and O–H groups in total. The minimum absolute atomic E-state index is 0.155. The molecule has 0 saturated carbocycles. The highest BCUT2D eigenvalue weighted by Crippen LogP contribution is 2.32. The Labute approximate surface area is 710 Å². The van der Waals surface area contributed by atoms with Crippen LogP contribution in [0.4, 0.5) is 69.4 Å². The smallest absolute Gasteiger partial charge is 0.250 e. The number of thiazole rings is 1. The number of halogens is 3. The van der Waals surface area contributed by atoms with E-state index in [9.17, 15) is 8.42 Å². The summed E-state index contributed by atoms with van der Waals surface area (Å²) < 4.78 is 49.2. The number of aromatic nitrogens is 14. The zero-order valence-electron chi connectivity index (χ0n) is 66.6. The molecule has 0 amide bonds. The Morgan fingerprint density at radius 3 is 1.22 bits per heavy atom. The van der Waals surface area contributed by atoms with Crippen LogP contribution in [0.1, 0.15) is 0 Å². The van der Waals surface area contributed by atoms with Gasteiger partial charge in [0, 0.05) is 205 Å². The number of hydrogen-bond acceptors (Lipinski definition) is 41. The van der Waals surface area contributed by atoms with Gasteiger partial charge in [0.05, 0.1) is 70.9 Å². The SMILES string of the molecule is C1COCCN1.CN1CCN(c2nc(N)cc(N3CCOCC3)n2)CC1.CN1CCN(c2nc(Nc3ncc(-c4ccncc4)s3)cc(N3CCOCC3)n2)CC1.CN1CCNCC1.CS(=O)(=O)c1nc(N)cc(N2CCOCC2)n1.CSc1nc(Cl)cc(Cl)n1.CSc1nc(N)cc(Cl)n1.CSc1nc(N)cc(N2CCOCC2)n1. The van der Waals surface area contributed by atoms with Crippen LogP contribution >= 0.6 is 81.4 Å². The van der Waals surface area contributed by atoms with E-state index in [4.69, 9.17) is 96.4 Å². The number of nitrogen functional groups attached to an aromatic ring is 4. The lowest BCUT2D eigenvalue weighted by atomic mass is 10.2. The zero-order chi connectivity index (χ0) is 82.6. The van der Waals surface area contributed by atoms with Crippen LogP contribution in [-0.4, -0.2) is 349 Å². The number of anilines is 12. The van der Waals surface area contributed by atoms with Crippen molar-refractivity contribution in [1.29, 1.82) is 0 Å². The molecule has 8 aromatic heterocycles. The first-order valence-corrected chi connectivity index (χ1v) is 45.2. The van der Waals surface area contributed by atoms with Crippen molar-refractivity contribution in [2.24, 2.45) is 0 Å². The van der Waals surface area contributed by atoms with Gasteiger partial charge in [-0.3, -0.25) is 4.98 Å². The number of hydrogen-bond donors (Lipinski definition) is 7. The average molecular weight is 1760 g/mol. The first kappa shape index (κ1) is 92.4. The summed E-state index contributed by atoms with van der Waals surface area (Å²) in [5.41, 5.74) is 23.8. The third kappa shape index (κ3) is 32.3. The van der Waals surface area contributed by atoms with Crippen molar-refractivity contribution in [2.75, 3.05) is 314 Å². The fraction of sp³-hybridized carbons (Fsp3) is 0.549. The summed E-state index contributed by atoms with van der Waals surface area (Å²) in [7, 11) is 2.99. The van der Waals surface area contributed by atoms with Crippen LogP contribution in [0.15, 0.2) is 87.7 Å². The van der Waals surface area contributed by atoms with Gasteiger partial charge in [0.15, 0.2) is 20.6 Å². The van der Waals surface area contributed by atoms with E-state index < -0.39 is 9.84 Å². The standard InChI is InChI=1S/C21H26N8OS.C13H22N6O.C9H14N4O3S.C9H14N4OS.C5H4Cl2N2S.C5H6ClN3S.C5H12N2.C4H9NO/c1-27-6-8-29(9-7-27)20-24-18(14-19(26-20)28-10-12-30-13-11-28)25-21-23-15-17(31-21)16-2-4-22-5-3-16;1-17-2-4-19(5-3-17)13-15-11(14)10-12(16-13)18-6-8-20-9-7-18;1-17(14,15)9-11-7(10)6-8(12-9)13-2-4-16-5-3-13;1-15-9-11-7(10)6-8(12-9)13-2-4-14-5-3-13;2*1-10-5-8-3(6)2-4(7)9-5;1-7-4-2-6-3-5-7;1-3-6-4-2-5-1/h2-5,14-15H,6-13H2,1H3,(H,23,24,25,26);10H,2-9H2,1H3,(H2,14,15,16);6H,2-5H2,1H3,(H2,10,11,12);6H,2-5H2,1H3,(H2,10,11,12);2H,1H3;2H,1H3,(H2,7,8,9);6H,2-5H2,1H3;5H,1-4H2. The van der Waals surface area contributed by atoms with E-state index in [0.717, 1.165) is 233 Å². The molecule has 634 valence electrons. The molecule has 116 heavy (non-hydrogen) atoms. The minimum atomic E-state index is -3.45. The number of nitrogens with two attached hydrogens (primary N) is 4. The molecule has 16 heterocycles. The molecule has 0 aromatic carbocycles. The van der Waals surface area contributed by atoms with Gasteiger partial charge < -0.3 is 107 Å². The topological polar surface area (TPSA) is 430 Å². The minimum Gasteiger partial charge on any atom is -0.384 e. The third-order valence-corrected chi connectivity index (χ3v) is 21.9. The largest absolute Gasteiger partial charge is 0.384 e. The zero-order valence-corrected chi connectivity index (χ0v) is 73.0. The highest BCUT2D eigenvalue weighted by molar-refractivity contribution is 7.98. The van der Waals surface area contributed by atoms with Gasteiger partial charge in [0.2, 0.25) is 21.7 Å². The lowest BCUT2D eigenvalue weighted by Gasteiger charge is -2.34. The molecular formula is C71H107Cl3N30O7S5. The predicted molar refractivity (Wildman–Crippen MR) is 468 cm³/mol. The van der Waals surface area contributed by atoms with Gasteiger partial charge in [0.25, 0.3) is 5.16 Å². The number of nitrogens with zero attached hydrogens (tertiary/aromatic N) is 23. The second-order valence-corrected chi connectivity index (χ2v) is 33.0. The Hall–Kier alpha value is -7.47. The fourth-order valence-electron chi connectivity index (χ4n) is 11.5. The van der Waals surface area contributed by atoms with E-state index in [1.807, 2.05) is 60.2 Å². The number of morpholine rings is 5. The number of rotatable bonds is 13. The van der Waals surface area contributed by atoms with Crippen LogP contribution in [-0.2, 0) is 33.5 Å². The number of pyridine rings is 1. The molecule has 0 radical (unpaired) electrons. The second-order valence-electron chi connectivity index (χ2n) is 26.6. The molecule has 0 atom stereocenters. The summed E-state index contributed by atoms with van der Waals surface area (Å²) in [5, 5.41) is 13.5. The van der Waals surface area contributed by atoms with Crippen molar-refractivity contribution in [2.45, 2.75) is 20.6 Å². The Bertz CT molecular complexity index is 4230. The van der Waals surface area contributed by atoms with Crippen LogP contribution in [0, 0.1) is 0 Å². The summed E-state index contributed by atoms with van der Waals surface area (Å²) in [6.45, 7) is 28.5. The van der Waals surface area contributed by atoms with E-state index in [1.54, 1.807) is 29.8 Å². The van der Waals surface area contributed by atoms with E-state index in [2.05, 4.69) is 131 Å². The van der Waals surface area contributed by atoms with Gasteiger partial charge >= 0.3 is 0 Å². The van der Waals surface area contributed by atoms with E-state index in [-0.39, 0.29) is 11.0 Å². The lowest BCUT2D eigenvalue weighted by molar-refractivity contribution is 0.109. The van der Waals surface area contributed by atoms with Crippen molar-refractivity contribution in [3.8, 4) is 10.4 Å². The molecule has 8 aliphatic rings. The maximum Gasteiger partial charge on any atom is 0.250 e. The highest BCUT2D eigenvalue weighted by atomic mass is 35.5. The number of ether oxygens (including phenoxy) is 5. The molecule has 0 unspecified atom stereocenters. The first-order chi connectivity index (χ1) is 56.1. The molecule has 0 aliphatic carbocycles. The second kappa shape index (κ2) is 49.2. The number of sulfone groups is 1. The number of piperazine rings is 3. The van der Waals surface area contributed by atoms with Crippen LogP contribution in [0.5, 0.6) is 0 Å². The maximum absolute atomic E-state index is 11.4. The maximum atomic E-state index is 11.4. The Morgan fingerprint density at radius 2 is 0.802 bits per heavy atom. The summed E-state index contributed by atoms with van der Waals surface area (Å²) in [6.07, 6.45) is 12.2. The van der Waals surface area contributed by atoms with Gasteiger partial charge in [-0.15, -0.1) is 0 Å². The van der Waals surface area contributed by atoms with Crippen LogP contribution in [0.25, 0.3) is 10.4 Å². The van der Waals surface area contributed by atoms with Crippen LogP contribution < -0.4 is 68.3 Å². The van der Waals surface area contributed by atoms with Crippen molar-refractivity contribution in [1.82, 2.24) is 95.1 Å². The summed E-state index contributed by atoms with van der Waals surface area (Å²) in [4.78, 5) is 80.4. The molecule has 8 saturated heterocycles. The monoisotopic (exact) mass is 1760 g/mol. The Balaban J connectivity index is 0.000000160. The number of likely N-dealkylation sites (N-methyl/N-ethyl adjacent to an activating group) is 3. The Morgan fingerprint density at radius 1 is 0.422 bits per heavy atom. The molecule has 37 nitrogen and oxygen atoms in total. The van der Waals surface area contributed by atoms with Crippen LogP contribution in [0.2, 0.25) is 15.5 Å². The molecular weight excluding hydrogens is 1650 g/mol. The fourth-order valence-corrected chi connectivity index (χ4v) is 14.8. The van der Waals surface area contributed by atoms with Crippen molar-refractivity contribution in [3.63, 3.8) is 0 Å². The average Bonchev–Trinajstić information content (AvgIpc) is 1.15. The van der Waals surface area contributed by atoms with Gasteiger partial charge in [-0.1, -0.05) is 81.4 Å². The normalized spacial score (nSPS) is 17.5. The predicted octanol–water partition coefficient (Wildman–Crippen LogP) is 4.96. The number of thioether (sulfide) groups is 3. The van der Waals surface area contributed by atoms with Gasteiger partial charge in [-0.2, -0.15) is 19.9 Å². The van der Waals surface area contributed by atoms with E-state index in [0.29, 0.717) is 75.3 Å². The molecule has 8 aromatic rings. The van der Waals surface area contributed by atoms with Crippen molar-refractivity contribution >= 4 is 161 Å². The summed E-state index contributed by atoms with van der Waals surface area (Å²) in [6, 6.07) is 14.2. The number of nitrogens with one attached hydrogen (secondary N) is 3. The lowest BCUT2D eigenvalue weighted by Crippen LogP contribution is -2.45.